The Labute approximate surface area is 125 Å². The van der Waals surface area contributed by atoms with Crippen LogP contribution in [0.4, 0.5) is 11.4 Å². The quantitative estimate of drug-likeness (QED) is 0.684. The molecule has 0 bridgehead atoms. The van der Waals surface area contributed by atoms with Gasteiger partial charge in [-0.05, 0) is 50.5 Å². The van der Waals surface area contributed by atoms with E-state index in [1.165, 1.54) is 7.11 Å². The van der Waals surface area contributed by atoms with Gasteiger partial charge in [-0.2, -0.15) is 0 Å². The van der Waals surface area contributed by atoms with Gasteiger partial charge in [-0.25, -0.2) is 0 Å². The summed E-state index contributed by atoms with van der Waals surface area (Å²) in [5.74, 6) is -0.285. The number of carbonyl (C=O) groups is 2. The van der Waals surface area contributed by atoms with E-state index >= 15 is 0 Å². The first-order chi connectivity index (χ1) is 9.85. The maximum Gasteiger partial charge on any atom is 0.313 e. The van der Waals surface area contributed by atoms with Crippen molar-refractivity contribution >= 4 is 23.3 Å². The van der Waals surface area contributed by atoms with Crippen LogP contribution in [-0.2, 0) is 20.7 Å². The van der Waals surface area contributed by atoms with Crippen LogP contribution in [0.25, 0.3) is 0 Å². The van der Waals surface area contributed by atoms with E-state index in [1.807, 2.05) is 12.1 Å². The van der Waals surface area contributed by atoms with Gasteiger partial charge in [0.25, 0.3) is 0 Å². The molecule has 0 aromatic heterocycles. The Morgan fingerprint density at radius 1 is 1.38 bits per heavy atom. The van der Waals surface area contributed by atoms with Crippen molar-refractivity contribution in [2.75, 3.05) is 24.3 Å². The van der Waals surface area contributed by atoms with Crippen LogP contribution in [0.5, 0.6) is 0 Å². The van der Waals surface area contributed by atoms with Crippen LogP contribution in [0.1, 0.15) is 32.3 Å². The molecule has 0 saturated heterocycles. The maximum atomic E-state index is 12.4. The molecule has 0 fully saturated rings. The molecule has 0 radical (unpaired) electrons. The molecule has 1 amide bonds. The largest absolute Gasteiger partial charge is 0.469 e. The maximum absolute atomic E-state index is 12.4. The second kappa shape index (κ2) is 5.76. The second-order valence-corrected chi connectivity index (χ2v) is 6.10. The smallest absolute Gasteiger partial charge is 0.313 e. The van der Waals surface area contributed by atoms with Crippen molar-refractivity contribution < 1.29 is 14.3 Å². The molecule has 0 saturated carbocycles. The molecule has 5 heteroatoms. The molecule has 0 aliphatic carbocycles. The van der Waals surface area contributed by atoms with Crippen LogP contribution in [0.3, 0.4) is 0 Å². The number of anilines is 2. The second-order valence-electron chi connectivity index (χ2n) is 6.10. The Bertz CT molecular complexity index is 567. The molecule has 21 heavy (non-hydrogen) atoms. The molecular weight excluding hydrogens is 268 g/mol. The fourth-order valence-electron chi connectivity index (χ4n) is 2.68. The first-order valence-electron chi connectivity index (χ1n) is 7.12. The summed E-state index contributed by atoms with van der Waals surface area (Å²) in [5, 5.41) is 0. The highest BCUT2D eigenvalue weighted by Crippen LogP contribution is 2.31. The number of amides is 1. The Morgan fingerprint density at radius 3 is 2.76 bits per heavy atom. The zero-order valence-electron chi connectivity index (χ0n) is 12.8. The van der Waals surface area contributed by atoms with Gasteiger partial charge < -0.3 is 15.4 Å². The van der Waals surface area contributed by atoms with Gasteiger partial charge in [0.15, 0.2) is 0 Å². The fourth-order valence-corrected chi connectivity index (χ4v) is 2.68. The third kappa shape index (κ3) is 3.17. The van der Waals surface area contributed by atoms with Crippen LogP contribution < -0.4 is 10.6 Å². The number of benzene rings is 1. The number of fused-ring (bicyclic) bond motifs is 1. The molecular formula is C16H22N2O3. The van der Waals surface area contributed by atoms with E-state index in [2.05, 4.69) is 0 Å². The third-order valence-corrected chi connectivity index (χ3v) is 3.82. The number of esters is 1. The Balaban J connectivity index is 2.37. The van der Waals surface area contributed by atoms with Gasteiger partial charge in [0, 0.05) is 24.3 Å². The van der Waals surface area contributed by atoms with E-state index in [9.17, 15) is 9.59 Å². The summed E-state index contributed by atoms with van der Waals surface area (Å²) in [6.07, 6.45) is 2.09. The predicted octanol–water partition coefficient (Wildman–Crippen LogP) is 2.14. The minimum absolute atomic E-state index is 0.0375. The minimum Gasteiger partial charge on any atom is -0.469 e. The lowest BCUT2D eigenvalue weighted by molar-refractivity contribution is -0.150. The third-order valence-electron chi connectivity index (χ3n) is 3.82. The normalized spacial score (nSPS) is 15.4. The number of hydrogen-bond acceptors (Lipinski definition) is 4. The van der Waals surface area contributed by atoms with Gasteiger partial charge >= 0.3 is 5.97 Å². The van der Waals surface area contributed by atoms with Gasteiger partial charge in [-0.1, -0.05) is 0 Å². The van der Waals surface area contributed by atoms with Gasteiger partial charge in [0.1, 0.15) is 0 Å². The molecule has 114 valence electrons. The van der Waals surface area contributed by atoms with E-state index in [1.54, 1.807) is 24.8 Å². The van der Waals surface area contributed by atoms with E-state index < -0.39 is 5.41 Å². The van der Waals surface area contributed by atoms with Crippen molar-refractivity contribution in [3.8, 4) is 0 Å². The standard InChI is InChI=1S/C16H22N2O3/c1-16(2,15(20)21-3)10-18-13-8-7-12(17)9-11(13)5-4-6-14(18)19/h7-9H,4-6,10,17H2,1-3H3. The van der Waals surface area contributed by atoms with Crippen molar-refractivity contribution in [1.82, 2.24) is 0 Å². The summed E-state index contributed by atoms with van der Waals surface area (Å²) < 4.78 is 4.83. The molecule has 1 aliphatic rings. The molecule has 2 N–H and O–H groups in total. The lowest BCUT2D eigenvalue weighted by Gasteiger charge is -2.31. The average molecular weight is 290 g/mol. The fraction of sp³-hybridized carbons (Fsp3) is 0.500. The van der Waals surface area contributed by atoms with Crippen LogP contribution in [0.15, 0.2) is 18.2 Å². The number of aryl methyl sites for hydroxylation is 1. The number of carbonyl (C=O) groups excluding carboxylic acids is 2. The average Bonchev–Trinajstić information content (AvgIpc) is 2.57. The molecule has 5 nitrogen and oxygen atoms in total. The number of rotatable bonds is 3. The predicted molar refractivity (Wildman–Crippen MR) is 81.9 cm³/mol. The van der Waals surface area contributed by atoms with Crippen molar-refractivity contribution in [3.05, 3.63) is 23.8 Å². The van der Waals surface area contributed by atoms with E-state index in [-0.39, 0.29) is 11.9 Å². The first-order valence-corrected chi connectivity index (χ1v) is 7.12. The lowest BCUT2D eigenvalue weighted by Crippen LogP contribution is -2.43. The summed E-state index contributed by atoms with van der Waals surface area (Å²) in [6.45, 7) is 3.87. The van der Waals surface area contributed by atoms with Gasteiger partial charge in [-0.15, -0.1) is 0 Å². The zero-order valence-corrected chi connectivity index (χ0v) is 12.8. The summed E-state index contributed by atoms with van der Waals surface area (Å²) >= 11 is 0. The van der Waals surface area contributed by atoms with Crippen molar-refractivity contribution in [3.63, 3.8) is 0 Å². The number of nitrogen functional groups attached to an aromatic ring is 1. The monoisotopic (exact) mass is 290 g/mol. The number of nitrogens with zero attached hydrogens (tertiary/aromatic N) is 1. The summed E-state index contributed by atoms with van der Waals surface area (Å²) in [7, 11) is 1.36. The summed E-state index contributed by atoms with van der Waals surface area (Å²) in [4.78, 5) is 26.0. The molecule has 1 aliphatic heterocycles. The number of nitrogens with two attached hydrogens (primary N) is 1. The Hall–Kier alpha value is -2.04. The molecule has 1 heterocycles. The van der Waals surface area contributed by atoms with E-state index in [4.69, 9.17) is 10.5 Å². The minimum atomic E-state index is -0.757. The van der Waals surface area contributed by atoms with Crippen molar-refractivity contribution in [1.29, 1.82) is 0 Å². The molecule has 0 atom stereocenters. The molecule has 2 rings (SSSR count). The van der Waals surface area contributed by atoms with Crippen molar-refractivity contribution in [2.45, 2.75) is 33.1 Å². The van der Waals surface area contributed by atoms with Crippen molar-refractivity contribution in [2.24, 2.45) is 5.41 Å². The lowest BCUT2D eigenvalue weighted by atomic mass is 9.92. The zero-order chi connectivity index (χ0) is 15.6. The number of ether oxygens (including phenoxy) is 1. The van der Waals surface area contributed by atoms with E-state index in [0.717, 1.165) is 24.1 Å². The summed E-state index contributed by atoms with van der Waals surface area (Å²) in [6, 6.07) is 5.56. The Kier molecular flexibility index (Phi) is 4.21. The molecule has 0 unspecified atom stereocenters. The topological polar surface area (TPSA) is 72.6 Å². The van der Waals surface area contributed by atoms with Crippen LogP contribution >= 0.6 is 0 Å². The molecule has 1 aromatic carbocycles. The number of methoxy groups -OCH3 is 1. The molecule has 1 aromatic rings. The van der Waals surface area contributed by atoms with Gasteiger partial charge in [0.2, 0.25) is 5.91 Å². The first kappa shape index (κ1) is 15.4. The molecule has 0 spiro atoms. The van der Waals surface area contributed by atoms with Crippen LogP contribution in [0.2, 0.25) is 0 Å². The highest BCUT2D eigenvalue weighted by Gasteiger charge is 2.34. The van der Waals surface area contributed by atoms with Crippen LogP contribution in [-0.4, -0.2) is 25.5 Å². The highest BCUT2D eigenvalue weighted by molar-refractivity contribution is 5.96. The van der Waals surface area contributed by atoms with E-state index in [0.29, 0.717) is 18.7 Å². The summed E-state index contributed by atoms with van der Waals surface area (Å²) in [5.41, 5.74) is 7.67. The number of hydrogen-bond donors (Lipinski definition) is 1. The van der Waals surface area contributed by atoms with Gasteiger partial charge in [-0.3, -0.25) is 9.59 Å². The van der Waals surface area contributed by atoms with Crippen LogP contribution in [0, 0.1) is 5.41 Å². The Morgan fingerprint density at radius 2 is 2.10 bits per heavy atom. The van der Waals surface area contributed by atoms with Gasteiger partial charge in [0.05, 0.1) is 12.5 Å². The SMILES string of the molecule is COC(=O)C(C)(C)CN1C(=O)CCCc2cc(N)ccc21. The highest BCUT2D eigenvalue weighted by atomic mass is 16.5.